The smallest absolute Gasteiger partial charge is 0.316 e. The summed E-state index contributed by atoms with van der Waals surface area (Å²) >= 11 is 0. The first-order chi connectivity index (χ1) is 8.32. The van der Waals surface area contributed by atoms with Crippen molar-refractivity contribution in [2.45, 2.75) is 20.3 Å². The monoisotopic (exact) mass is 256 g/mol. The van der Waals surface area contributed by atoms with Crippen LogP contribution in [0.15, 0.2) is 0 Å². The van der Waals surface area contributed by atoms with Crippen LogP contribution in [0.5, 0.6) is 0 Å². The third-order valence-corrected chi connectivity index (χ3v) is 3.60. The van der Waals surface area contributed by atoms with Crippen molar-refractivity contribution in [2.75, 3.05) is 33.7 Å². The minimum Gasteiger partial charge on any atom is -0.481 e. The fraction of sp³-hybridized carbons (Fsp3) is 0.846. The molecule has 0 spiro atoms. The fourth-order valence-electron chi connectivity index (χ4n) is 2.57. The zero-order valence-corrected chi connectivity index (χ0v) is 11.7. The van der Waals surface area contributed by atoms with Crippen LogP contribution in [0.4, 0.5) is 0 Å². The molecule has 2 atom stereocenters. The Bertz CT molecular complexity index is 317. The van der Waals surface area contributed by atoms with Crippen LogP contribution in [0.1, 0.15) is 20.3 Å². The Labute approximate surface area is 109 Å². The molecule has 1 heterocycles. The number of hydrogen-bond donors (Lipinski definition) is 1. The highest BCUT2D eigenvalue weighted by Crippen LogP contribution is 2.18. The predicted molar refractivity (Wildman–Crippen MR) is 69.2 cm³/mol. The molecule has 0 aromatic rings. The summed E-state index contributed by atoms with van der Waals surface area (Å²) in [5, 5.41) is 9.11. The lowest BCUT2D eigenvalue weighted by atomic mass is 9.94. The number of amides is 1. The third kappa shape index (κ3) is 3.70. The van der Waals surface area contributed by atoms with E-state index in [0.717, 1.165) is 19.5 Å². The molecular weight excluding hydrogens is 232 g/mol. The van der Waals surface area contributed by atoms with E-state index >= 15 is 0 Å². The van der Waals surface area contributed by atoms with E-state index in [2.05, 4.69) is 11.9 Å². The molecule has 5 heteroatoms. The van der Waals surface area contributed by atoms with Gasteiger partial charge in [-0.3, -0.25) is 9.59 Å². The molecule has 1 rings (SSSR count). The largest absolute Gasteiger partial charge is 0.481 e. The van der Waals surface area contributed by atoms with Crippen molar-refractivity contribution in [2.24, 2.45) is 17.8 Å². The molecule has 0 radical (unpaired) electrons. The Hall–Kier alpha value is -1.10. The van der Waals surface area contributed by atoms with E-state index in [-0.39, 0.29) is 11.8 Å². The summed E-state index contributed by atoms with van der Waals surface area (Å²) in [6.45, 7) is 6.23. The number of carboxylic acids is 1. The number of carboxylic acid groups (broad SMARTS) is 1. The molecule has 2 unspecified atom stereocenters. The van der Waals surface area contributed by atoms with E-state index in [1.807, 2.05) is 0 Å². The molecule has 0 aliphatic carbocycles. The van der Waals surface area contributed by atoms with Crippen molar-refractivity contribution in [1.82, 2.24) is 9.80 Å². The summed E-state index contributed by atoms with van der Waals surface area (Å²) in [6.07, 6.45) is 1.08. The highest BCUT2D eigenvalue weighted by molar-refractivity contribution is 5.97. The Kier molecular flexibility index (Phi) is 5.14. The summed E-state index contributed by atoms with van der Waals surface area (Å²) < 4.78 is 0. The standard InChI is InChI=1S/C13H24N2O3/c1-9(2)11(13(17)18)12(16)15(4)8-10-5-6-14(3)7-10/h9-11H,5-8H2,1-4H3,(H,17,18). The Morgan fingerprint density at radius 1 is 1.44 bits per heavy atom. The maximum absolute atomic E-state index is 12.1. The van der Waals surface area contributed by atoms with Crippen LogP contribution in [0.3, 0.4) is 0 Å². The molecule has 0 aromatic heterocycles. The van der Waals surface area contributed by atoms with E-state index < -0.39 is 11.9 Å². The van der Waals surface area contributed by atoms with E-state index in [1.54, 1.807) is 25.8 Å². The summed E-state index contributed by atoms with van der Waals surface area (Å²) in [5.41, 5.74) is 0. The van der Waals surface area contributed by atoms with Crippen molar-refractivity contribution >= 4 is 11.9 Å². The van der Waals surface area contributed by atoms with Crippen molar-refractivity contribution in [3.63, 3.8) is 0 Å². The number of aliphatic carboxylic acids is 1. The maximum atomic E-state index is 12.1. The second-order valence-corrected chi connectivity index (χ2v) is 5.70. The summed E-state index contributed by atoms with van der Waals surface area (Å²) in [5.74, 6) is -1.93. The summed E-state index contributed by atoms with van der Waals surface area (Å²) in [6, 6.07) is 0. The summed E-state index contributed by atoms with van der Waals surface area (Å²) in [7, 11) is 3.77. The molecule has 1 aliphatic heterocycles. The summed E-state index contributed by atoms with van der Waals surface area (Å²) in [4.78, 5) is 27.1. The van der Waals surface area contributed by atoms with Crippen LogP contribution < -0.4 is 0 Å². The number of hydrogen-bond acceptors (Lipinski definition) is 3. The zero-order chi connectivity index (χ0) is 13.9. The second kappa shape index (κ2) is 6.18. The van der Waals surface area contributed by atoms with Gasteiger partial charge in [0, 0.05) is 20.1 Å². The zero-order valence-electron chi connectivity index (χ0n) is 11.7. The molecule has 0 bridgehead atoms. The molecule has 1 amide bonds. The Morgan fingerprint density at radius 2 is 2.06 bits per heavy atom. The quantitative estimate of drug-likeness (QED) is 0.738. The number of rotatable bonds is 5. The van der Waals surface area contributed by atoms with Gasteiger partial charge in [-0.05, 0) is 31.8 Å². The van der Waals surface area contributed by atoms with Gasteiger partial charge in [0.25, 0.3) is 0 Å². The average Bonchev–Trinajstić information content (AvgIpc) is 2.62. The average molecular weight is 256 g/mol. The van der Waals surface area contributed by atoms with Gasteiger partial charge < -0.3 is 14.9 Å². The van der Waals surface area contributed by atoms with Gasteiger partial charge in [-0.25, -0.2) is 0 Å². The molecule has 5 nitrogen and oxygen atoms in total. The Balaban J connectivity index is 2.57. The lowest BCUT2D eigenvalue weighted by Gasteiger charge is -2.25. The van der Waals surface area contributed by atoms with Gasteiger partial charge in [0.15, 0.2) is 0 Å². The van der Waals surface area contributed by atoms with Crippen LogP contribution in [0.2, 0.25) is 0 Å². The predicted octanol–water partition coefficient (Wildman–Crippen LogP) is 0.753. The first-order valence-corrected chi connectivity index (χ1v) is 6.49. The number of carbonyl (C=O) groups excluding carboxylic acids is 1. The van der Waals surface area contributed by atoms with Gasteiger partial charge in [-0.1, -0.05) is 13.8 Å². The fourth-order valence-corrected chi connectivity index (χ4v) is 2.57. The minimum atomic E-state index is -1.02. The van der Waals surface area contributed by atoms with E-state index in [0.29, 0.717) is 12.5 Å². The third-order valence-electron chi connectivity index (χ3n) is 3.60. The minimum absolute atomic E-state index is 0.177. The molecule has 18 heavy (non-hydrogen) atoms. The molecule has 104 valence electrons. The Morgan fingerprint density at radius 3 is 2.44 bits per heavy atom. The first kappa shape index (κ1) is 15.0. The van der Waals surface area contributed by atoms with Crippen molar-refractivity contribution in [3.8, 4) is 0 Å². The number of nitrogens with zero attached hydrogens (tertiary/aromatic N) is 2. The second-order valence-electron chi connectivity index (χ2n) is 5.70. The molecule has 1 fully saturated rings. The van der Waals surface area contributed by atoms with Crippen LogP contribution in [-0.4, -0.2) is 60.5 Å². The van der Waals surface area contributed by atoms with Gasteiger partial charge >= 0.3 is 5.97 Å². The van der Waals surface area contributed by atoms with Crippen molar-refractivity contribution < 1.29 is 14.7 Å². The van der Waals surface area contributed by atoms with E-state index in [9.17, 15) is 9.59 Å². The van der Waals surface area contributed by atoms with E-state index in [4.69, 9.17) is 5.11 Å². The van der Waals surface area contributed by atoms with E-state index in [1.165, 1.54) is 0 Å². The van der Waals surface area contributed by atoms with Crippen molar-refractivity contribution in [3.05, 3.63) is 0 Å². The normalized spacial score (nSPS) is 22.2. The van der Waals surface area contributed by atoms with Crippen molar-refractivity contribution in [1.29, 1.82) is 0 Å². The lowest BCUT2D eigenvalue weighted by Crippen LogP contribution is -2.42. The van der Waals surface area contributed by atoms with Gasteiger partial charge in [0.05, 0.1) is 0 Å². The first-order valence-electron chi connectivity index (χ1n) is 6.49. The molecule has 0 aromatic carbocycles. The topological polar surface area (TPSA) is 60.9 Å². The highest BCUT2D eigenvalue weighted by atomic mass is 16.4. The van der Waals surface area contributed by atoms with Crippen LogP contribution >= 0.6 is 0 Å². The van der Waals surface area contributed by atoms with Crippen LogP contribution in [0, 0.1) is 17.8 Å². The van der Waals surface area contributed by atoms with Crippen LogP contribution in [-0.2, 0) is 9.59 Å². The van der Waals surface area contributed by atoms with Gasteiger partial charge in [0.1, 0.15) is 5.92 Å². The highest BCUT2D eigenvalue weighted by Gasteiger charge is 2.33. The molecule has 0 saturated carbocycles. The lowest BCUT2D eigenvalue weighted by molar-refractivity contribution is -0.152. The molecule has 1 N–H and O–H groups in total. The van der Waals surface area contributed by atoms with Gasteiger partial charge in [-0.15, -0.1) is 0 Å². The number of likely N-dealkylation sites (tertiary alicyclic amines) is 1. The number of carbonyl (C=O) groups is 2. The van der Waals surface area contributed by atoms with Crippen LogP contribution in [0.25, 0.3) is 0 Å². The molecule has 1 saturated heterocycles. The van der Waals surface area contributed by atoms with Gasteiger partial charge in [-0.2, -0.15) is 0 Å². The SMILES string of the molecule is CC(C)C(C(=O)O)C(=O)N(C)CC1CCN(C)C1. The van der Waals surface area contributed by atoms with Gasteiger partial charge in [0.2, 0.25) is 5.91 Å². The molecule has 1 aliphatic rings. The maximum Gasteiger partial charge on any atom is 0.316 e. The molecular formula is C13H24N2O3.